The number of hydrogen-bond donors (Lipinski definition) is 0. The Labute approximate surface area is 93.6 Å². The van der Waals surface area contributed by atoms with Crippen molar-refractivity contribution in [3.05, 3.63) is 33.3 Å². The van der Waals surface area contributed by atoms with Crippen molar-refractivity contribution < 1.29 is 13.6 Å². The van der Waals surface area contributed by atoms with Crippen LogP contribution in [0.25, 0.3) is 0 Å². The van der Waals surface area contributed by atoms with E-state index in [0.29, 0.717) is 0 Å². The molecule has 0 atom stereocenters. The van der Waals surface area contributed by atoms with Gasteiger partial charge in [-0.1, -0.05) is 6.07 Å². The van der Waals surface area contributed by atoms with E-state index >= 15 is 0 Å². The number of rotatable bonds is 2. The molecule has 0 unspecified atom stereocenters. The van der Waals surface area contributed by atoms with Gasteiger partial charge in [-0.2, -0.15) is 5.26 Å². The van der Waals surface area contributed by atoms with Crippen LogP contribution in [0, 0.1) is 11.3 Å². The number of carbonyl (C=O) groups is 1. The molecule has 0 aliphatic heterocycles. The summed E-state index contributed by atoms with van der Waals surface area (Å²) >= 11 is 2.98. The average molecular weight is 274 g/mol. The zero-order chi connectivity index (χ0) is 11.6. The zero-order valence-electron chi connectivity index (χ0n) is 7.72. The quantitative estimate of drug-likeness (QED) is 0.775. The fourth-order valence-electron chi connectivity index (χ4n) is 1.22. The standard InChI is InChI=1S/C10H6BrF2NO/c1-5(15)8-7(10(12)13)3-2-6(4-14)9(8)11/h2-3,10H,1H3. The lowest BCUT2D eigenvalue weighted by atomic mass is 10.0. The lowest BCUT2D eigenvalue weighted by Gasteiger charge is -2.09. The van der Waals surface area contributed by atoms with Crippen LogP contribution >= 0.6 is 15.9 Å². The number of alkyl halides is 2. The third-order valence-electron chi connectivity index (χ3n) is 1.88. The molecule has 0 aromatic heterocycles. The highest BCUT2D eigenvalue weighted by Gasteiger charge is 2.20. The first-order chi connectivity index (χ1) is 6.99. The molecule has 15 heavy (non-hydrogen) atoms. The van der Waals surface area contributed by atoms with Crippen LogP contribution in [-0.4, -0.2) is 5.78 Å². The second-order valence-electron chi connectivity index (χ2n) is 2.86. The summed E-state index contributed by atoms with van der Waals surface area (Å²) in [5, 5.41) is 8.68. The summed E-state index contributed by atoms with van der Waals surface area (Å²) in [5.41, 5.74) is -0.304. The molecule has 1 aromatic carbocycles. The van der Waals surface area contributed by atoms with E-state index in [2.05, 4.69) is 15.9 Å². The molecule has 0 saturated carbocycles. The Kier molecular flexibility index (Phi) is 3.53. The van der Waals surface area contributed by atoms with Gasteiger partial charge in [0.15, 0.2) is 5.78 Å². The largest absolute Gasteiger partial charge is 0.294 e. The lowest BCUT2D eigenvalue weighted by molar-refractivity contribution is 0.0998. The van der Waals surface area contributed by atoms with Crippen LogP contribution in [0.2, 0.25) is 0 Å². The molecule has 0 bridgehead atoms. The van der Waals surface area contributed by atoms with Gasteiger partial charge in [0.05, 0.1) is 5.56 Å². The third-order valence-corrected chi connectivity index (χ3v) is 2.71. The number of benzene rings is 1. The van der Waals surface area contributed by atoms with E-state index in [1.807, 2.05) is 6.07 Å². The summed E-state index contributed by atoms with van der Waals surface area (Å²) in [6.07, 6.45) is -2.73. The highest BCUT2D eigenvalue weighted by molar-refractivity contribution is 9.10. The molecule has 2 nitrogen and oxygen atoms in total. The molecule has 0 fully saturated rings. The highest BCUT2D eigenvalue weighted by atomic mass is 79.9. The van der Waals surface area contributed by atoms with Gasteiger partial charge in [0, 0.05) is 15.6 Å². The van der Waals surface area contributed by atoms with Crippen LogP contribution in [0.4, 0.5) is 8.78 Å². The van der Waals surface area contributed by atoms with E-state index in [1.54, 1.807) is 0 Å². The second-order valence-corrected chi connectivity index (χ2v) is 3.65. The smallest absolute Gasteiger partial charge is 0.264 e. The molecular formula is C10H6BrF2NO. The molecule has 1 rings (SSSR count). The van der Waals surface area contributed by atoms with Crippen LogP contribution in [-0.2, 0) is 0 Å². The van der Waals surface area contributed by atoms with Crippen LogP contribution in [0.3, 0.4) is 0 Å². The first-order valence-electron chi connectivity index (χ1n) is 4.00. The molecule has 1 aromatic rings. The summed E-state index contributed by atoms with van der Waals surface area (Å²) in [5.74, 6) is -0.491. The topological polar surface area (TPSA) is 40.9 Å². The fourth-order valence-corrected chi connectivity index (χ4v) is 1.95. The van der Waals surface area contributed by atoms with E-state index in [-0.39, 0.29) is 21.2 Å². The Morgan fingerprint density at radius 2 is 2.13 bits per heavy atom. The number of nitriles is 1. The summed E-state index contributed by atoms with van der Waals surface area (Å²) in [6.45, 7) is 1.19. The Balaban J connectivity index is 3.53. The van der Waals surface area contributed by atoms with Gasteiger partial charge in [-0.3, -0.25) is 4.79 Å². The summed E-state index contributed by atoms with van der Waals surface area (Å²) < 4.78 is 25.2. The molecule has 0 radical (unpaired) electrons. The van der Waals surface area contributed by atoms with Gasteiger partial charge in [0.25, 0.3) is 6.43 Å². The van der Waals surface area contributed by atoms with Crippen LogP contribution < -0.4 is 0 Å². The number of halogens is 3. The van der Waals surface area contributed by atoms with E-state index in [0.717, 1.165) is 6.07 Å². The minimum atomic E-state index is -2.73. The van der Waals surface area contributed by atoms with Gasteiger partial charge >= 0.3 is 0 Å². The summed E-state index contributed by atoms with van der Waals surface area (Å²) in [7, 11) is 0. The summed E-state index contributed by atoms with van der Waals surface area (Å²) in [4.78, 5) is 11.2. The van der Waals surface area contributed by atoms with E-state index < -0.39 is 12.2 Å². The monoisotopic (exact) mass is 273 g/mol. The molecule has 5 heteroatoms. The van der Waals surface area contributed by atoms with Gasteiger partial charge in [0.1, 0.15) is 6.07 Å². The van der Waals surface area contributed by atoms with Crippen molar-refractivity contribution in [2.75, 3.05) is 0 Å². The molecule has 0 amide bonds. The maximum Gasteiger partial charge on any atom is 0.264 e. The zero-order valence-corrected chi connectivity index (χ0v) is 9.31. The molecule has 0 aliphatic rings. The third kappa shape index (κ3) is 2.21. The van der Waals surface area contributed by atoms with Crippen LogP contribution in [0.15, 0.2) is 16.6 Å². The van der Waals surface area contributed by atoms with Crippen LogP contribution in [0.5, 0.6) is 0 Å². The Bertz CT molecular complexity index is 451. The number of nitrogens with zero attached hydrogens (tertiary/aromatic N) is 1. The maximum atomic E-state index is 12.5. The molecule has 0 N–H and O–H groups in total. The predicted molar refractivity (Wildman–Crippen MR) is 53.8 cm³/mol. The molecule has 0 aliphatic carbocycles. The Morgan fingerprint density at radius 3 is 2.53 bits per heavy atom. The fraction of sp³-hybridized carbons (Fsp3) is 0.200. The van der Waals surface area contributed by atoms with Crippen molar-refractivity contribution in [2.45, 2.75) is 13.3 Å². The number of ketones is 1. The van der Waals surface area contributed by atoms with Crippen molar-refractivity contribution >= 4 is 21.7 Å². The SMILES string of the molecule is CC(=O)c1c(C(F)F)ccc(C#N)c1Br. The minimum absolute atomic E-state index is 0.121. The van der Waals surface area contributed by atoms with Crippen molar-refractivity contribution in [3.63, 3.8) is 0 Å². The lowest BCUT2D eigenvalue weighted by Crippen LogP contribution is -2.03. The maximum absolute atomic E-state index is 12.5. The van der Waals surface area contributed by atoms with E-state index in [4.69, 9.17) is 5.26 Å². The first kappa shape index (κ1) is 11.8. The first-order valence-corrected chi connectivity index (χ1v) is 4.80. The van der Waals surface area contributed by atoms with E-state index in [9.17, 15) is 13.6 Å². The van der Waals surface area contributed by atoms with Gasteiger partial charge in [-0.15, -0.1) is 0 Å². The van der Waals surface area contributed by atoms with Gasteiger partial charge in [0.2, 0.25) is 0 Å². The van der Waals surface area contributed by atoms with Crippen molar-refractivity contribution in [1.29, 1.82) is 5.26 Å². The van der Waals surface area contributed by atoms with Crippen molar-refractivity contribution in [1.82, 2.24) is 0 Å². The Morgan fingerprint density at radius 1 is 1.53 bits per heavy atom. The number of Topliss-reactive ketones (excluding diaryl/α,β-unsaturated/α-hetero) is 1. The molecule has 0 heterocycles. The molecule has 0 spiro atoms. The highest BCUT2D eigenvalue weighted by Crippen LogP contribution is 2.31. The summed E-state index contributed by atoms with van der Waals surface area (Å²) in [6, 6.07) is 4.18. The number of carbonyl (C=O) groups excluding carboxylic acids is 1. The molecule has 0 saturated heterocycles. The van der Waals surface area contributed by atoms with E-state index in [1.165, 1.54) is 13.0 Å². The van der Waals surface area contributed by atoms with Crippen molar-refractivity contribution in [2.24, 2.45) is 0 Å². The van der Waals surface area contributed by atoms with Crippen LogP contribution in [0.1, 0.15) is 34.8 Å². The predicted octanol–water partition coefficient (Wildman–Crippen LogP) is 3.46. The minimum Gasteiger partial charge on any atom is -0.294 e. The van der Waals surface area contributed by atoms with Gasteiger partial charge in [-0.05, 0) is 28.9 Å². The Hall–Kier alpha value is -1.28. The molecule has 78 valence electrons. The van der Waals surface area contributed by atoms with Gasteiger partial charge in [-0.25, -0.2) is 8.78 Å². The van der Waals surface area contributed by atoms with Crippen molar-refractivity contribution in [3.8, 4) is 6.07 Å². The average Bonchev–Trinajstić information content (AvgIpc) is 2.16. The normalized spacial score (nSPS) is 10.1. The van der Waals surface area contributed by atoms with Gasteiger partial charge < -0.3 is 0 Å². The molecular weight excluding hydrogens is 268 g/mol. The second kappa shape index (κ2) is 4.49. The number of hydrogen-bond acceptors (Lipinski definition) is 2.